The molecule has 1 fully saturated rings. The molecule has 0 bridgehead atoms. The van der Waals surface area contributed by atoms with Gasteiger partial charge in [-0.05, 0) is 19.1 Å². The van der Waals surface area contributed by atoms with Crippen molar-refractivity contribution in [2.75, 3.05) is 26.2 Å². The number of carbonyl (C=O) groups is 1. The number of morpholine rings is 1. The van der Waals surface area contributed by atoms with Gasteiger partial charge in [-0.15, -0.1) is 0 Å². The predicted octanol–water partition coefficient (Wildman–Crippen LogP) is 0.401. The van der Waals surface area contributed by atoms with Gasteiger partial charge in [-0.25, -0.2) is 0 Å². The molecule has 2 aliphatic rings. The lowest BCUT2D eigenvalue weighted by Gasteiger charge is -2.38. The fourth-order valence-corrected chi connectivity index (χ4v) is 2.70. The molecule has 2 N–H and O–H groups in total. The maximum atomic E-state index is 12.6. The Morgan fingerprint density at radius 2 is 2.10 bits per heavy atom. The highest BCUT2D eigenvalue weighted by molar-refractivity contribution is 5.82. The summed E-state index contributed by atoms with van der Waals surface area (Å²) in [6.45, 7) is 3.63. The van der Waals surface area contributed by atoms with Crippen molar-refractivity contribution in [1.82, 2.24) is 4.90 Å². The van der Waals surface area contributed by atoms with Crippen LogP contribution in [0.2, 0.25) is 0 Å². The van der Waals surface area contributed by atoms with Crippen LogP contribution in [-0.4, -0.2) is 55.4 Å². The summed E-state index contributed by atoms with van der Waals surface area (Å²) >= 11 is 0. The fraction of sp³-hybridized carbons (Fsp3) is 0.533. The molecule has 1 aromatic carbocycles. The normalized spacial score (nSPS) is 28.3. The predicted molar refractivity (Wildman–Crippen MR) is 76.3 cm³/mol. The Bertz CT molecular complexity index is 522. The zero-order chi connectivity index (χ0) is 14.8. The van der Waals surface area contributed by atoms with Gasteiger partial charge >= 0.3 is 0 Å². The molecule has 1 saturated heterocycles. The van der Waals surface area contributed by atoms with Gasteiger partial charge in [-0.2, -0.15) is 0 Å². The van der Waals surface area contributed by atoms with Crippen LogP contribution < -0.4 is 15.2 Å². The molecule has 114 valence electrons. The van der Waals surface area contributed by atoms with Crippen molar-refractivity contribution >= 4 is 5.91 Å². The van der Waals surface area contributed by atoms with E-state index in [1.807, 2.05) is 25.1 Å². The van der Waals surface area contributed by atoms with Gasteiger partial charge in [-0.1, -0.05) is 12.1 Å². The third-order valence-corrected chi connectivity index (χ3v) is 3.68. The van der Waals surface area contributed by atoms with Crippen LogP contribution in [0.25, 0.3) is 0 Å². The largest absolute Gasteiger partial charge is 0.485 e. The van der Waals surface area contributed by atoms with Gasteiger partial charge < -0.3 is 24.8 Å². The highest BCUT2D eigenvalue weighted by Gasteiger charge is 2.35. The van der Waals surface area contributed by atoms with Crippen LogP contribution in [0.3, 0.4) is 0 Å². The summed E-state index contributed by atoms with van der Waals surface area (Å²) in [5.74, 6) is 1.22. The van der Waals surface area contributed by atoms with Crippen LogP contribution in [0.1, 0.15) is 6.92 Å². The summed E-state index contributed by atoms with van der Waals surface area (Å²) in [6.07, 6.45) is -0.744. The van der Waals surface area contributed by atoms with Gasteiger partial charge in [0, 0.05) is 19.6 Å². The van der Waals surface area contributed by atoms with E-state index >= 15 is 0 Å². The number of fused-ring (bicyclic) bond motifs is 1. The van der Waals surface area contributed by atoms with Gasteiger partial charge in [-0.3, -0.25) is 4.79 Å². The Morgan fingerprint density at radius 1 is 1.33 bits per heavy atom. The second-order valence-corrected chi connectivity index (χ2v) is 5.41. The Balaban J connectivity index is 1.68. The van der Waals surface area contributed by atoms with Crippen LogP contribution in [-0.2, 0) is 9.53 Å². The fourth-order valence-electron chi connectivity index (χ4n) is 2.70. The monoisotopic (exact) mass is 292 g/mol. The molecule has 0 aromatic heterocycles. The third kappa shape index (κ3) is 2.96. The number of rotatable bonds is 2. The minimum atomic E-state index is -0.608. The maximum absolute atomic E-state index is 12.6. The molecular formula is C15H20N2O4. The number of benzene rings is 1. The third-order valence-electron chi connectivity index (χ3n) is 3.68. The summed E-state index contributed by atoms with van der Waals surface area (Å²) in [5.41, 5.74) is 5.65. The molecule has 3 atom stereocenters. The van der Waals surface area contributed by atoms with E-state index in [9.17, 15) is 4.79 Å². The summed E-state index contributed by atoms with van der Waals surface area (Å²) in [7, 11) is 0. The van der Waals surface area contributed by atoms with Crippen LogP contribution in [0.15, 0.2) is 24.3 Å². The van der Waals surface area contributed by atoms with Crippen LogP contribution in [0.5, 0.6) is 11.5 Å². The van der Waals surface area contributed by atoms with Crippen LogP contribution in [0.4, 0.5) is 0 Å². The van der Waals surface area contributed by atoms with E-state index in [0.717, 1.165) is 0 Å². The molecule has 1 amide bonds. The van der Waals surface area contributed by atoms with E-state index in [4.69, 9.17) is 19.9 Å². The number of amides is 1. The Morgan fingerprint density at radius 3 is 2.86 bits per heavy atom. The van der Waals surface area contributed by atoms with Crippen LogP contribution >= 0.6 is 0 Å². The lowest BCUT2D eigenvalue weighted by atomic mass is 10.2. The number of nitrogens with two attached hydrogens (primary N) is 1. The number of nitrogens with zero attached hydrogens (tertiary/aromatic N) is 1. The molecule has 6 heteroatoms. The molecule has 3 unspecified atom stereocenters. The van der Waals surface area contributed by atoms with Gasteiger partial charge in [0.2, 0.25) is 6.10 Å². The Hall–Kier alpha value is -1.79. The van der Waals surface area contributed by atoms with Crippen molar-refractivity contribution in [1.29, 1.82) is 0 Å². The summed E-state index contributed by atoms with van der Waals surface area (Å²) in [6, 6.07) is 7.37. The molecule has 21 heavy (non-hydrogen) atoms. The zero-order valence-electron chi connectivity index (χ0n) is 12.0. The molecule has 6 nitrogen and oxygen atoms in total. The molecule has 0 aliphatic carbocycles. The van der Waals surface area contributed by atoms with E-state index in [1.165, 1.54) is 0 Å². The van der Waals surface area contributed by atoms with Gasteiger partial charge in [0.05, 0.1) is 12.2 Å². The average molecular weight is 292 g/mol. The second kappa shape index (κ2) is 5.91. The van der Waals surface area contributed by atoms with Gasteiger partial charge in [0.15, 0.2) is 11.5 Å². The van der Waals surface area contributed by atoms with Crippen molar-refractivity contribution in [3.63, 3.8) is 0 Å². The lowest BCUT2D eigenvalue weighted by Crippen LogP contribution is -2.56. The number of hydrogen-bond donors (Lipinski definition) is 1. The maximum Gasteiger partial charge on any atom is 0.267 e. The summed E-state index contributed by atoms with van der Waals surface area (Å²) in [4.78, 5) is 14.4. The first-order valence-corrected chi connectivity index (χ1v) is 7.20. The average Bonchev–Trinajstić information content (AvgIpc) is 2.53. The second-order valence-electron chi connectivity index (χ2n) is 5.41. The van der Waals surface area contributed by atoms with Crippen molar-refractivity contribution in [2.45, 2.75) is 25.2 Å². The summed E-state index contributed by atoms with van der Waals surface area (Å²) < 4.78 is 17.0. The SMILES string of the molecule is CC1CN(C(=O)C2COc3ccccc3O2)CC(CN)O1. The van der Waals surface area contributed by atoms with E-state index in [0.29, 0.717) is 31.1 Å². The number of carbonyl (C=O) groups excluding carboxylic acids is 1. The Labute approximate surface area is 123 Å². The first kappa shape index (κ1) is 14.2. The van der Waals surface area contributed by atoms with Crippen molar-refractivity contribution in [3.8, 4) is 11.5 Å². The van der Waals surface area contributed by atoms with E-state index in [-0.39, 0.29) is 24.7 Å². The molecule has 2 aliphatic heterocycles. The number of hydrogen-bond acceptors (Lipinski definition) is 5. The number of ether oxygens (including phenoxy) is 3. The lowest BCUT2D eigenvalue weighted by molar-refractivity contribution is -0.153. The van der Waals surface area contributed by atoms with E-state index < -0.39 is 6.10 Å². The molecule has 0 saturated carbocycles. The molecule has 0 radical (unpaired) electrons. The minimum absolute atomic E-state index is 0.0203. The highest BCUT2D eigenvalue weighted by Crippen LogP contribution is 2.31. The summed E-state index contributed by atoms with van der Waals surface area (Å²) in [5, 5.41) is 0. The van der Waals surface area contributed by atoms with Crippen LogP contribution in [0, 0.1) is 0 Å². The zero-order valence-corrected chi connectivity index (χ0v) is 12.0. The smallest absolute Gasteiger partial charge is 0.267 e. The van der Waals surface area contributed by atoms with Gasteiger partial charge in [0.25, 0.3) is 5.91 Å². The minimum Gasteiger partial charge on any atom is -0.485 e. The quantitative estimate of drug-likeness (QED) is 0.854. The topological polar surface area (TPSA) is 74.0 Å². The molecule has 1 aromatic rings. The molecule has 2 heterocycles. The van der Waals surface area contributed by atoms with Crippen molar-refractivity contribution in [3.05, 3.63) is 24.3 Å². The van der Waals surface area contributed by atoms with E-state index in [2.05, 4.69) is 0 Å². The van der Waals surface area contributed by atoms with E-state index in [1.54, 1.807) is 11.0 Å². The first-order chi connectivity index (χ1) is 10.2. The molecular weight excluding hydrogens is 272 g/mol. The standard InChI is InChI=1S/C15H20N2O4/c1-10-7-17(8-11(6-16)20-10)15(18)14-9-19-12-4-2-3-5-13(12)21-14/h2-5,10-11,14H,6-9,16H2,1H3. The molecule has 3 rings (SSSR count). The number of para-hydroxylation sites is 2. The first-order valence-electron chi connectivity index (χ1n) is 7.20. The molecule has 0 spiro atoms. The Kier molecular flexibility index (Phi) is 3.98. The van der Waals surface area contributed by atoms with Crippen molar-refractivity contribution in [2.24, 2.45) is 5.73 Å². The highest BCUT2D eigenvalue weighted by atomic mass is 16.6. The van der Waals surface area contributed by atoms with Crippen molar-refractivity contribution < 1.29 is 19.0 Å². The van der Waals surface area contributed by atoms with Gasteiger partial charge in [0.1, 0.15) is 6.61 Å².